The van der Waals surface area contributed by atoms with Crippen molar-refractivity contribution in [2.24, 2.45) is 11.8 Å². The third-order valence-electron chi connectivity index (χ3n) is 3.81. The van der Waals surface area contributed by atoms with Gasteiger partial charge < -0.3 is 4.74 Å². The number of nitrogens with zero attached hydrogens (tertiary/aromatic N) is 2. The first kappa shape index (κ1) is 13.8. The zero-order valence-electron chi connectivity index (χ0n) is 11.6. The summed E-state index contributed by atoms with van der Waals surface area (Å²) in [5, 5.41) is 1.22. The summed E-state index contributed by atoms with van der Waals surface area (Å²) < 4.78 is 5.96. The van der Waals surface area contributed by atoms with E-state index in [0.29, 0.717) is 24.3 Å². The van der Waals surface area contributed by atoms with Crippen LogP contribution in [-0.4, -0.2) is 16.6 Å². The molecule has 0 aromatic carbocycles. The smallest absolute Gasteiger partial charge is 0.227 e. The lowest BCUT2D eigenvalue weighted by Gasteiger charge is -2.24. The van der Waals surface area contributed by atoms with E-state index in [2.05, 4.69) is 42.0 Å². The van der Waals surface area contributed by atoms with Crippen LogP contribution in [0.5, 0.6) is 5.88 Å². The molecule has 0 amide bonds. The molecule has 0 spiro atoms. The van der Waals surface area contributed by atoms with Gasteiger partial charge in [-0.1, -0.05) is 19.1 Å². The standard InChI is InChI=1S/C15H17ClN2OS/c1-9-5-3-4-6-11(9)8-19-13-12-7-10(2)20-14(12)18-15(16)17-13/h3-4,7,9,11H,5-6,8H2,1-2H3. The lowest BCUT2D eigenvalue weighted by molar-refractivity contribution is 0.194. The SMILES string of the molecule is Cc1cc2c(OCC3CC=CCC3C)nc(Cl)nc2s1. The van der Waals surface area contributed by atoms with Gasteiger partial charge in [0.15, 0.2) is 0 Å². The number of hydrogen-bond acceptors (Lipinski definition) is 4. The molecule has 3 rings (SSSR count). The van der Waals surface area contributed by atoms with Gasteiger partial charge in [0, 0.05) is 4.88 Å². The average Bonchev–Trinajstić information content (AvgIpc) is 2.77. The maximum absolute atomic E-state index is 5.98. The fraction of sp³-hybridized carbons (Fsp3) is 0.467. The second-order valence-corrected chi connectivity index (χ2v) is 6.94. The van der Waals surface area contributed by atoms with Gasteiger partial charge in [-0.2, -0.15) is 4.98 Å². The Balaban J connectivity index is 1.81. The van der Waals surface area contributed by atoms with E-state index in [1.54, 1.807) is 11.3 Å². The van der Waals surface area contributed by atoms with Crippen LogP contribution in [0.1, 0.15) is 24.6 Å². The molecule has 106 valence electrons. The van der Waals surface area contributed by atoms with E-state index in [4.69, 9.17) is 16.3 Å². The van der Waals surface area contributed by atoms with Gasteiger partial charge in [-0.25, -0.2) is 4.98 Å². The Kier molecular flexibility index (Phi) is 3.94. The molecular weight excluding hydrogens is 292 g/mol. The van der Waals surface area contributed by atoms with Gasteiger partial charge in [-0.15, -0.1) is 11.3 Å². The molecule has 2 aromatic rings. The van der Waals surface area contributed by atoms with Gasteiger partial charge in [-0.05, 0) is 49.3 Å². The Morgan fingerprint density at radius 2 is 2.15 bits per heavy atom. The molecule has 1 aliphatic rings. The number of allylic oxidation sites excluding steroid dienone is 2. The molecule has 3 nitrogen and oxygen atoms in total. The molecule has 1 aliphatic carbocycles. The minimum Gasteiger partial charge on any atom is -0.477 e. The van der Waals surface area contributed by atoms with Crippen molar-refractivity contribution in [1.82, 2.24) is 9.97 Å². The minimum absolute atomic E-state index is 0.255. The number of hydrogen-bond donors (Lipinski definition) is 0. The van der Waals surface area contributed by atoms with Crippen LogP contribution in [0.15, 0.2) is 18.2 Å². The Morgan fingerprint density at radius 1 is 1.35 bits per heavy atom. The maximum Gasteiger partial charge on any atom is 0.227 e. The highest BCUT2D eigenvalue weighted by atomic mass is 35.5. The topological polar surface area (TPSA) is 35.0 Å². The van der Waals surface area contributed by atoms with Gasteiger partial charge in [-0.3, -0.25) is 0 Å². The van der Waals surface area contributed by atoms with Crippen LogP contribution in [0.3, 0.4) is 0 Å². The van der Waals surface area contributed by atoms with Gasteiger partial charge in [0.05, 0.1) is 12.0 Å². The average molecular weight is 309 g/mol. The minimum atomic E-state index is 0.255. The lowest BCUT2D eigenvalue weighted by Crippen LogP contribution is -2.21. The van der Waals surface area contributed by atoms with Gasteiger partial charge in [0.25, 0.3) is 0 Å². The van der Waals surface area contributed by atoms with Crippen molar-refractivity contribution in [3.05, 3.63) is 28.4 Å². The van der Waals surface area contributed by atoms with E-state index in [-0.39, 0.29) is 5.28 Å². The first-order valence-electron chi connectivity index (χ1n) is 6.85. The van der Waals surface area contributed by atoms with Crippen molar-refractivity contribution in [2.75, 3.05) is 6.61 Å². The van der Waals surface area contributed by atoms with Gasteiger partial charge >= 0.3 is 0 Å². The Hall–Kier alpha value is -1.13. The normalized spacial score (nSPS) is 22.4. The van der Waals surface area contributed by atoms with E-state index >= 15 is 0 Å². The molecular formula is C15H17ClN2OS. The van der Waals surface area contributed by atoms with E-state index in [0.717, 1.165) is 23.1 Å². The number of halogens is 1. The molecule has 0 saturated heterocycles. The van der Waals surface area contributed by atoms with Crippen LogP contribution in [0.4, 0.5) is 0 Å². The van der Waals surface area contributed by atoms with Crippen molar-refractivity contribution >= 4 is 33.2 Å². The number of aromatic nitrogens is 2. The fourth-order valence-corrected chi connectivity index (χ4v) is 3.61. The van der Waals surface area contributed by atoms with Crippen LogP contribution in [0.25, 0.3) is 10.2 Å². The molecule has 2 heterocycles. The number of ether oxygens (including phenoxy) is 1. The Morgan fingerprint density at radius 3 is 2.95 bits per heavy atom. The highest BCUT2D eigenvalue weighted by molar-refractivity contribution is 7.18. The summed E-state index contributed by atoms with van der Waals surface area (Å²) in [5.74, 6) is 1.81. The first-order valence-corrected chi connectivity index (χ1v) is 8.04. The first-order chi connectivity index (χ1) is 9.63. The Bertz CT molecular complexity index is 653. The van der Waals surface area contributed by atoms with E-state index in [9.17, 15) is 0 Å². The van der Waals surface area contributed by atoms with Crippen LogP contribution < -0.4 is 4.74 Å². The molecule has 2 aromatic heterocycles. The monoisotopic (exact) mass is 308 g/mol. The molecule has 0 saturated carbocycles. The number of thiophene rings is 1. The summed E-state index contributed by atoms with van der Waals surface area (Å²) in [4.78, 5) is 10.6. The predicted molar refractivity (Wildman–Crippen MR) is 83.7 cm³/mol. The summed E-state index contributed by atoms with van der Waals surface area (Å²) in [6.45, 7) is 5.01. The van der Waals surface area contributed by atoms with Crippen molar-refractivity contribution in [3.8, 4) is 5.88 Å². The molecule has 5 heteroatoms. The van der Waals surface area contributed by atoms with Crippen LogP contribution in [0.2, 0.25) is 5.28 Å². The molecule has 20 heavy (non-hydrogen) atoms. The zero-order valence-corrected chi connectivity index (χ0v) is 13.2. The van der Waals surface area contributed by atoms with Gasteiger partial charge in [0.2, 0.25) is 11.2 Å². The quantitative estimate of drug-likeness (QED) is 0.612. The highest BCUT2D eigenvalue weighted by Crippen LogP contribution is 2.32. The maximum atomic E-state index is 5.98. The predicted octanol–water partition coefficient (Wildman–Crippen LogP) is 4.63. The fourth-order valence-electron chi connectivity index (χ4n) is 2.53. The number of fused-ring (bicyclic) bond motifs is 1. The molecule has 0 N–H and O–H groups in total. The molecule has 2 atom stereocenters. The molecule has 0 fully saturated rings. The molecule has 0 aliphatic heterocycles. The van der Waals surface area contributed by atoms with Crippen LogP contribution >= 0.6 is 22.9 Å². The van der Waals surface area contributed by atoms with Crippen molar-refractivity contribution < 1.29 is 4.74 Å². The van der Waals surface area contributed by atoms with E-state index in [1.807, 2.05) is 0 Å². The van der Waals surface area contributed by atoms with Gasteiger partial charge in [0.1, 0.15) is 4.83 Å². The summed E-state index contributed by atoms with van der Waals surface area (Å²) >= 11 is 7.59. The van der Waals surface area contributed by atoms with E-state index in [1.165, 1.54) is 4.88 Å². The molecule has 0 radical (unpaired) electrons. The second kappa shape index (κ2) is 5.70. The van der Waals surface area contributed by atoms with Crippen LogP contribution in [-0.2, 0) is 0 Å². The Labute approximate surface area is 127 Å². The highest BCUT2D eigenvalue weighted by Gasteiger charge is 2.20. The zero-order chi connectivity index (χ0) is 14.1. The van der Waals surface area contributed by atoms with Crippen molar-refractivity contribution in [2.45, 2.75) is 26.7 Å². The van der Waals surface area contributed by atoms with Crippen molar-refractivity contribution in [3.63, 3.8) is 0 Å². The molecule has 2 unspecified atom stereocenters. The molecule has 0 bridgehead atoms. The third kappa shape index (κ3) is 2.81. The van der Waals surface area contributed by atoms with Crippen LogP contribution in [0, 0.1) is 18.8 Å². The lowest BCUT2D eigenvalue weighted by atomic mass is 9.85. The summed E-state index contributed by atoms with van der Waals surface area (Å²) in [7, 11) is 0. The second-order valence-electron chi connectivity index (χ2n) is 5.36. The summed E-state index contributed by atoms with van der Waals surface area (Å²) in [6.07, 6.45) is 6.70. The third-order valence-corrected chi connectivity index (χ3v) is 4.92. The number of aryl methyl sites for hydroxylation is 1. The largest absolute Gasteiger partial charge is 0.477 e. The summed E-state index contributed by atoms with van der Waals surface area (Å²) in [5.41, 5.74) is 0. The summed E-state index contributed by atoms with van der Waals surface area (Å²) in [6, 6.07) is 2.07. The number of rotatable bonds is 3. The van der Waals surface area contributed by atoms with Crippen molar-refractivity contribution in [1.29, 1.82) is 0 Å². The van der Waals surface area contributed by atoms with E-state index < -0.39 is 0 Å².